The summed E-state index contributed by atoms with van der Waals surface area (Å²) in [4.78, 5) is 23.3. The molecule has 2 rings (SSSR count). The standard InChI is InChI=1S/C15H18ClNO3/c1-10(18)13-8-11(16)6-7-14(13)20-9-15(19)17-12-4-2-3-5-12/h6-8,12H,2-5,9H2,1H3,(H,17,19). The van der Waals surface area contributed by atoms with Gasteiger partial charge in [0.15, 0.2) is 12.4 Å². The quantitative estimate of drug-likeness (QED) is 0.850. The number of halogens is 1. The minimum atomic E-state index is -0.152. The number of carbonyl (C=O) groups is 2. The minimum Gasteiger partial charge on any atom is -0.483 e. The van der Waals surface area contributed by atoms with Crippen LogP contribution in [0.15, 0.2) is 18.2 Å². The molecule has 0 aromatic heterocycles. The van der Waals surface area contributed by atoms with Crippen LogP contribution in [0.3, 0.4) is 0 Å². The molecule has 1 aromatic rings. The molecule has 108 valence electrons. The third-order valence-electron chi connectivity index (χ3n) is 3.40. The van der Waals surface area contributed by atoms with Crippen LogP contribution in [0.4, 0.5) is 0 Å². The second-order valence-corrected chi connectivity index (χ2v) is 5.47. The van der Waals surface area contributed by atoms with Crippen LogP contribution >= 0.6 is 11.6 Å². The predicted octanol–water partition coefficient (Wildman–Crippen LogP) is 2.98. The maximum atomic E-state index is 11.8. The summed E-state index contributed by atoms with van der Waals surface area (Å²) in [5.41, 5.74) is 0.395. The Hall–Kier alpha value is -1.55. The summed E-state index contributed by atoms with van der Waals surface area (Å²) in [6, 6.07) is 5.07. The number of amides is 1. The lowest BCUT2D eigenvalue weighted by molar-refractivity contribution is -0.123. The molecule has 5 heteroatoms. The van der Waals surface area contributed by atoms with Crippen LogP contribution in [0, 0.1) is 0 Å². The van der Waals surface area contributed by atoms with E-state index in [4.69, 9.17) is 16.3 Å². The Morgan fingerprint density at radius 3 is 2.70 bits per heavy atom. The average molecular weight is 296 g/mol. The predicted molar refractivity (Wildman–Crippen MR) is 77.4 cm³/mol. The van der Waals surface area contributed by atoms with Gasteiger partial charge in [-0.25, -0.2) is 0 Å². The number of nitrogens with one attached hydrogen (secondary N) is 1. The van der Waals surface area contributed by atoms with Crippen molar-refractivity contribution in [2.45, 2.75) is 38.6 Å². The van der Waals surface area contributed by atoms with E-state index in [2.05, 4.69) is 5.32 Å². The minimum absolute atomic E-state index is 0.0849. The number of Topliss-reactive ketones (excluding diaryl/α,β-unsaturated/α-hetero) is 1. The van der Waals surface area contributed by atoms with Crippen molar-refractivity contribution in [2.24, 2.45) is 0 Å². The molecule has 0 saturated heterocycles. The van der Waals surface area contributed by atoms with Gasteiger partial charge in [-0.1, -0.05) is 24.4 Å². The molecule has 0 aliphatic heterocycles. The maximum Gasteiger partial charge on any atom is 0.258 e. The molecular weight excluding hydrogens is 278 g/mol. The van der Waals surface area contributed by atoms with Crippen molar-refractivity contribution in [1.29, 1.82) is 0 Å². The Bertz CT molecular complexity index is 510. The Morgan fingerprint density at radius 2 is 2.05 bits per heavy atom. The van der Waals surface area contributed by atoms with Crippen molar-refractivity contribution in [3.05, 3.63) is 28.8 Å². The van der Waals surface area contributed by atoms with Gasteiger partial charge in [-0.05, 0) is 38.0 Å². The molecule has 1 saturated carbocycles. The highest BCUT2D eigenvalue weighted by Gasteiger charge is 2.18. The summed E-state index contributed by atoms with van der Waals surface area (Å²) in [7, 11) is 0. The van der Waals surface area contributed by atoms with E-state index >= 15 is 0 Å². The van der Waals surface area contributed by atoms with E-state index in [0.29, 0.717) is 16.3 Å². The topological polar surface area (TPSA) is 55.4 Å². The van der Waals surface area contributed by atoms with Gasteiger partial charge in [0, 0.05) is 11.1 Å². The van der Waals surface area contributed by atoms with Gasteiger partial charge in [0.2, 0.25) is 0 Å². The van der Waals surface area contributed by atoms with E-state index in [0.717, 1.165) is 25.7 Å². The zero-order chi connectivity index (χ0) is 14.5. The Kier molecular flexibility index (Phi) is 5.01. The third-order valence-corrected chi connectivity index (χ3v) is 3.64. The van der Waals surface area contributed by atoms with Gasteiger partial charge >= 0.3 is 0 Å². The summed E-state index contributed by atoms with van der Waals surface area (Å²) >= 11 is 5.85. The van der Waals surface area contributed by atoms with Crippen LogP contribution < -0.4 is 10.1 Å². The fourth-order valence-electron chi connectivity index (χ4n) is 2.39. The third kappa shape index (κ3) is 3.97. The average Bonchev–Trinajstić information content (AvgIpc) is 2.90. The van der Waals surface area contributed by atoms with Crippen molar-refractivity contribution in [3.63, 3.8) is 0 Å². The molecule has 0 atom stereocenters. The van der Waals surface area contributed by atoms with E-state index in [9.17, 15) is 9.59 Å². The second kappa shape index (κ2) is 6.75. The highest BCUT2D eigenvalue weighted by Crippen LogP contribution is 2.23. The number of benzene rings is 1. The number of carbonyl (C=O) groups excluding carboxylic acids is 2. The van der Waals surface area contributed by atoms with Gasteiger partial charge in [-0.2, -0.15) is 0 Å². The highest BCUT2D eigenvalue weighted by atomic mass is 35.5. The second-order valence-electron chi connectivity index (χ2n) is 5.03. The number of ether oxygens (including phenoxy) is 1. The maximum absolute atomic E-state index is 11.8. The zero-order valence-corrected chi connectivity index (χ0v) is 12.2. The smallest absolute Gasteiger partial charge is 0.258 e. The normalized spacial score (nSPS) is 15.1. The first-order valence-corrected chi connectivity index (χ1v) is 7.16. The lowest BCUT2D eigenvalue weighted by atomic mass is 10.1. The molecule has 1 aliphatic carbocycles. The molecule has 1 fully saturated rings. The number of ketones is 1. The first kappa shape index (κ1) is 14.9. The zero-order valence-electron chi connectivity index (χ0n) is 11.4. The summed E-state index contributed by atoms with van der Waals surface area (Å²) in [5, 5.41) is 3.40. The molecule has 4 nitrogen and oxygen atoms in total. The summed E-state index contributed by atoms with van der Waals surface area (Å²) in [5.74, 6) is 0.100. The Balaban J connectivity index is 1.93. The molecule has 20 heavy (non-hydrogen) atoms. The summed E-state index contributed by atoms with van der Waals surface area (Å²) in [6.45, 7) is 1.36. The van der Waals surface area contributed by atoms with Crippen LogP contribution in [0.25, 0.3) is 0 Å². The van der Waals surface area contributed by atoms with Crippen LogP contribution in [-0.4, -0.2) is 24.3 Å². The molecule has 0 unspecified atom stereocenters. The molecule has 0 bridgehead atoms. The molecule has 0 spiro atoms. The monoisotopic (exact) mass is 295 g/mol. The van der Waals surface area contributed by atoms with E-state index in [-0.39, 0.29) is 24.3 Å². The van der Waals surface area contributed by atoms with Crippen LogP contribution in [0.1, 0.15) is 43.0 Å². The van der Waals surface area contributed by atoms with Gasteiger partial charge in [0.1, 0.15) is 5.75 Å². The first-order valence-electron chi connectivity index (χ1n) is 6.79. The molecule has 1 aromatic carbocycles. The molecular formula is C15H18ClNO3. The van der Waals surface area contributed by atoms with E-state index in [1.54, 1.807) is 18.2 Å². The first-order chi connectivity index (χ1) is 9.56. The molecule has 0 heterocycles. The molecule has 0 radical (unpaired) electrons. The molecule has 1 N–H and O–H groups in total. The van der Waals surface area contributed by atoms with E-state index in [1.807, 2.05) is 0 Å². The van der Waals surface area contributed by atoms with Gasteiger partial charge in [-0.3, -0.25) is 9.59 Å². The summed E-state index contributed by atoms with van der Waals surface area (Å²) in [6.07, 6.45) is 4.39. The Morgan fingerprint density at radius 1 is 1.35 bits per heavy atom. The fourth-order valence-corrected chi connectivity index (χ4v) is 2.56. The van der Waals surface area contributed by atoms with E-state index < -0.39 is 0 Å². The van der Waals surface area contributed by atoms with Gasteiger partial charge in [0.05, 0.1) is 5.56 Å². The lowest BCUT2D eigenvalue weighted by Gasteiger charge is -2.13. The fraction of sp³-hybridized carbons (Fsp3) is 0.467. The van der Waals surface area contributed by atoms with Crippen LogP contribution in [-0.2, 0) is 4.79 Å². The van der Waals surface area contributed by atoms with Crippen molar-refractivity contribution in [2.75, 3.05) is 6.61 Å². The Labute approximate surface area is 123 Å². The van der Waals surface area contributed by atoms with Crippen LogP contribution in [0.2, 0.25) is 5.02 Å². The van der Waals surface area contributed by atoms with Crippen molar-refractivity contribution in [1.82, 2.24) is 5.32 Å². The van der Waals surface area contributed by atoms with Crippen molar-refractivity contribution >= 4 is 23.3 Å². The largest absolute Gasteiger partial charge is 0.483 e. The number of rotatable bonds is 5. The lowest BCUT2D eigenvalue weighted by Crippen LogP contribution is -2.36. The van der Waals surface area contributed by atoms with Crippen LogP contribution in [0.5, 0.6) is 5.75 Å². The SMILES string of the molecule is CC(=O)c1cc(Cl)ccc1OCC(=O)NC1CCCC1. The van der Waals surface area contributed by atoms with E-state index in [1.165, 1.54) is 6.92 Å². The van der Waals surface area contributed by atoms with Crippen molar-refractivity contribution < 1.29 is 14.3 Å². The van der Waals surface area contributed by atoms with Crippen molar-refractivity contribution in [3.8, 4) is 5.75 Å². The van der Waals surface area contributed by atoms with Gasteiger partial charge in [-0.15, -0.1) is 0 Å². The van der Waals surface area contributed by atoms with Gasteiger partial charge in [0.25, 0.3) is 5.91 Å². The molecule has 1 amide bonds. The highest BCUT2D eigenvalue weighted by molar-refractivity contribution is 6.31. The molecule has 1 aliphatic rings. The van der Waals surface area contributed by atoms with Gasteiger partial charge < -0.3 is 10.1 Å². The summed E-state index contributed by atoms with van der Waals surface area (Å²) < 4.78 is 5.43. The number of hydrogen-bond donors (Lipinski definition) is 1. The number of hydrogen-bond acceptors (Lipinski definition) is 3.